The topological polar surface area (TPSA) is 66.9 Å². The molecular weight excluding hydrogens is 178 g/mol. The largest absolute Gasteiger partial charge is 0.365 e. The maximum absolute atomic E-state index is 13.0. The van der Waals surface area contributed by atoms with E-state index in [0.29, 0.717) is 0 Å². The highest BCUT2D eigenvalue weighted by atomic mass is 19.1. The maximum Gasteiger partial charge on any atom is 0.254 e. The lowest BCUT2D eigenvalue weighted by Gasteiger charge is -2.00. The molecule has 0 aliphatic heterocycles. The molecule has 3 nitrogen and oxygen atoms in total. The van der Waals surface area contributed by atoms with E-state index in [1.807, 2.05) is 0 Å². The van der Waals surface area contributed by atoms with Gasteiger partial charge in [-0.2, -0.15) is 5.26 Å². The third-order valence-electron chi connectivity index (χ3n) is 1.46. The first-order valence-electron chi connectivity index (χ1n) is 3.26. The zero-order valence-corrected chi connectivity index (χ0v) is 6.34. The number of nitrogens with two attached hydrogens (primary N) is 1. The smallest absolute Gasteiger partial charge is 0.254 e. The summed E-state index contributed by atoms with van der Waals surface area (Å²) >= 11 is 0. The highest BCUT2D eigenvalue weighted by Crippen LogP contribution is 2.15. The molecule has 0 heterocycles. The van der Waals surface area contributed by atoms with E-state index in [-0.39, 0.29) is 0 Å². The van der Waals surface area contributed by atoms with Crippen LogP contribution in [0.3, 0.4) is 0 Å². The van der Waals surface area contributed by atoms with Gasteiger partial charge < -0.3 is 5.73 Å². The second-order valence-electron chi connectivity index (χ2n) is 2.26. The van der Waals surface area contributed by atoms with Gasteiger partial charge in [-0.15, -0.1) is 0 Å². The first-order chi connectivity index (χ1) is 6.07. The molecule has 0 saturated heterocycles. The molecule has 0 bridgehead atoms. The van der Waals surface area contributed by atoms with Crippen LogP contribution in [0.2, 0.25) is 0 Å². The van der Waals surface area contributed by atoms with Gasteiger partial charge in [0.1, 0.15) is 17.4 Å². The summed E-state index contributed by atoms with van der Waals surface area (Å²) in [5.41, 5.74) is 3.43. The number of amides is 1. The van der Waals surface area contributed by atoms with E-state index >= 15 is 0 Å². The van der Waals surface area contributed by atoms with Gasteiger partial charge in [-0.1, -0.05) is 0 Å². The van der Waals surface area contributed by atoms with Crippen LogP contribution in [0.15, 0.2) is 12.1 Å². The van der Waals surface area contributed by atoms with Crippen molar-refractivity contribution in [3.05, 3.63) is 34.9 Å². The number of hydrogen-bond acceptors (Lipinski definition) is 2. The molecule has 0 aliphatic rings. The van der Waals surface area contributed by atoms with Crippen molar-refractivity contribution < 1.29 is 13.6 Å². The monoisotopic (exact) mass is 182 g/mol. The summed E-state index contributed by atoms with van der Waals surface area (Å²) in [4.78, 5) is 10.5. The van der Waals surface area contributed by atoms with Crippen LogP contribution >= 0.6 is 0 Å². The summed E-state index contributed by atoms with van der Waals surface area (Å²) in [6, 6.07) is 3.23. The van der Waals surface area contributed by atoms with Gasteiger partial charge in [0.05, 0.1) is 5.56 Å². The van der Waals surface area contributed by atoms with Crippen LogP contribution in [-0.4, -0.2) is 5.91 Å². The first-order valence-corrected chi connectivity index (χ1v) is 3.26. The van der Waals surface area contributed by atoms with Crippen molar-refractivity contribution in [1.29, 1.82) is 5.26 Å². The van der Waals surface area contributed by atoms with Crippen molar-refractivity contribution in [2.45, 2.75) is 0 Å². The summed E-state index contributed by atoms with van der Waals surface area (Å²) in [5.74, 6) is -3.51. The highest BCUT2D eigenvalue weighted by molar-refractivity contribution is 5.93. The quantitative estimate of drug-likeness (QED) is 0.702. The molecule has 1 aromatic rings. The van der Waals surface area contributed by atoms with Crippen molar-refractivity contribution in [3.8, 4) is 6.07 Å². The molecule has 0 unspecified atom stereocenters. The Hall–Kier alpha value is -1.96. The number of halogens is 2. The van der Waals surface area contributed by atoms with Gasteiger partial charge in [-0.05, 0) is 12.1 Å². The molecule has 1 amide bonds. The van der Waals surface area contributed by atoms with Gasteiger partial charge in [-0.3, -0.25) is 4.79 Å². The third kappa shape index (κ3) is 1.47. The first kappa shape index (κ1) is 9.13. The number of nitriles is 1. The Bertz CT molecular complexity index is 409. The third-order valence-corrected chi connectivity index (χ3v) is 1.46. The SMILES string of the molecule is N#Cc1ccc(F)c(C(N)=O)c1F. The lowest BCUT2D eigenvalue weighted by atomic mass is 10.1. The van der Waals surface area contributed by atoms with Gasteiger partial charge in [0.15, 0.2) is 5.82 Å². The van der Waals surface area contributed by atoms with Crippen LogP contribution in [0.5, 0.6) is 0 Å². The fourth-order valence-electron chi connectivity index (χ4n) is 0.865. The van der Waals surface area contributed by atoms with Crippen molar-refractivity contribution in [2.24, 2.45) is 5.73 Å². The fraction of sp³-hybridized carbons (Fsp3) is 0. The molecule has 0 spiro atoms. The van der Waals surface area contributed by atoms with Crippen molar-refractivity contribution >= 4 is 5.91 Å². The zero-order valence-electron chi connectivity index (χ0n) is 6.34. The van der Waals surface area contributed by atoms with Crippen LogP contribution < -0.4 is 5.73 Å². The minimum atomic E-state index is -1.23. The van der Waals surface area contributed by atoms with Gasteiger partial charge in [0, 0.05) is 0 Å². The molecule has 66 valence electrons. The van der Waals surface area contributed by atoms with Gasteiger partial charge >= 0.3 is 0 Å². The molecule has 0 fully saturated rings. The molecule has 0 atom stereocenters. The average Bonchev–Trinajstić information content (AvgIpc) is 2.04. The van der Waals surface area contributed by atoms with Gasteiger partial charge in [-0.25, -0.2) is 8.78 Å². The number of primary amides is 1. The Labute approximate surface area is 72.4 Å². The number of nitrogens with zero attached hydrogens (tertiary/aromatic N) is 1. The van der Waals surface area contributed by atoms with E-state index in [2.05, 4.69) is 0 Å². The Morgan fingerprint density at radius 1 is 1.46 bits per heavy atom. The molecule has 0 aliphatic carbocycles. The number of hydrogen-bond donors (Lipinski definition) is 1. The maximum atomic E-state index is 13.0. The van der Waals surface area contributed by atoms with E-state index in [1.165, 1.54) is 6.07 Å². The van der Waals surface area contributed by atoms with Crippen molar-refractivity contribution in [2.75, 3.05) is 0 Å². The summed E-state index contributed by atoms with van der Waals surface area (Å²) in [6.07, 6.45) is 0. The van der Waals surface area contributed by atoms with E-state index < -0.39 is 28.7 Å². The van der Waals surface area contributed by atoms with Gasteiger partial charge in [0.25, 0.3) is 5.91 Å². The molecule has 1 rings (SSSR count). The van der Waals surface area contributed by atoms with E-state index in [9.17, 15) is 13.6 Å². The van der Waals surface area contributed by atoms with Crippen LogP contribution in [0.1, 0.15) is 15.9 Å². The van der Waals surface area contributed by atoms with E-state index in [0.717, 1.165) is 12.1 Å². The van der Waals surface area contributed by atoms with Crippen LogP contribution in [0.4, 0.5) is 8.78 Å². The summed E-state index contributed by atoms with van der Waals surface area (Å²) in [6.45, 7) is 0. The van der Waals surface area contributed by atoms with Crippen molar-refractivity contribution in [1.82, 2.24) is 0 Å². The predicted molar refractivity (Wildman–Crippen MR) is 39.6 cm³/mol. The Kier molecular flexibility index (Phi) is 2.24. The lowest BCUT2D eigenvalue weighted by Crippen LogP contribution is -2.16. The fourth-order valence-corrected chi connectivity index (χ4v) is 0.865. The van der Waals surface area contributed by atoms with Crippen LogP contribution in [0, 0.1) is 23.0 Å². The average molecular weight is 182 g/mol. The number of carbonyl (C=O) groups is 1. The summed E-state index contributed by atoms with van der Waals surface area (Å²) in [5, 5.41) is 8.35. The summed E-state index contributed by atoms with van der Waals surface area (Å²) in [7, 11) is 0. The van der Waals surface area contributed by atoms with Gasteiger partial charge in [0.2, 0.25) is 0 Å². The van der Waals surface area contributed by atoms with Crippen molar-refractivity contribution in [3.63, 3.8) is 0 Å². The molecule has 0 aromatic heterocycles. The molecule has 1 aromatic carbocycles. The minimum absolute atomic E-state index is 0.407. The Morgan fingerprint density at radius 3 is 2.54 bits per heavy atom. The molecule has 0 saturated carbocycles. The number of benzene rings is 1. The second kappa shape index (κ2) is 3.19. The Balaban J connectivity index is 3.50. The molecule has 2 N–H and O–H groups in total. The van der Waals surface area contributed by atoms with Crippen LogP contribution in [-0.2, 0) is 0 Å². The molecule has 13 heavy (non-hydrogen) atoms. The number of rotatable bonds is 1. The zero-order chi connectivity index (χ0) is 10.0. The molecule has 0 radical (unpaired) electrons. The summed E-state index contributed by atoms with van der Waals surface area (Å²) < 4.78 is 25.8. The highest BCUT2D eigenvalue weighted by Gasteiger charge is 2.17. The molecular formula is C8H4F2N2O. The standard InChI is InChI=1S/C8H4F2N2O/c9-5-2-1-4(3-11)7(10)6(5)8(12)13/h1-2H,(H2,12,13). The van der Waals surface area contributed by atoms with E-state index in [4.69, 9.17) is 11.0 Å². The number of carbonyl (C=O) groups excluding carboxylic acids is 1. The second-order valence-corrected chi connectivity index (χ2v) is 2.26. The normalized spacial score (nSPS) is 9.31. The minimum Gasteiger partial charge on any atom is -0.365 e. The van der Waals surface area contributed by atoms with E-state index in [1.54, 1.807) is 0 Å². The van der Waals surface area contributed by atoms with Crippen LogP contribution in [0.25, 0.3) is 0 Å². The predicted octanol–water partition coefficient (Wildman–Crippen LogP) is 0.935. The Morgan fingerprint density at radius 2 is 2.08 bits per heavy atom. The lowest BCUT2D eigenvalue weighted by molar-refractivity contribution is 0.0992. The molecule has 5 heteroatoms.